The average Bonchev–Trinajstić information content (AvgIpc) is 2.72. The van der Waals surface area contributed by atoms with E-state index in [2.05, 4.69) is 0 Å². The van der Waals surface area contributed by atoms with E-state index < -0.39 is 12.1 Å². The summed E-state index contributed by atoms with van der Waals surface area (Å²) in [5.74, 6) is -0.0474. The Labute approximate surface area is 156 Å². The number of rotatable bonds is 4. The molecule has 0 saturated heterocycles. The highest BCUT2D eigenvalue weighted by Crippen LogP contribution is 2.31. The quantitative estimate of drug-likeness (QED) is 0.518. The molecule has 4 rings (SSSR count). The molecule has 1 aliphatic rings. The van der Waals surface area contributed by atoms with Crippen LogP contribution in [-0.2, 0) is 22.4 Å². The van der Waals surface area contributed by atoms with Gasteiger partial charge in [0.1, 0.15) is 11.3 Å². The van der Waals surface area contributed by atoms with Crippen molar-refractivity contribution in [1.82, 2.24) is 0 Å². The van der Waals surface area contributed by atoms with Crippen LogP contribution in [-0.4, -0.2) is 13.1 Å². The maximum Gasteiger partial charge on any atom is 0.351 e. The van der Waals surface area contributed by atoms with Crippen molar-refractivity contribution in [3.8, 4) is 5.75 Å². The number of esters is 1. The molecular weight excluding hydrogens is 344 g/mol. The van der Waals surface area contributed by atoms with E-state index >= 15 is 0 Å². The molecule has 0 radical (unpaired) electrons. The molecule has 5 nitrogen and oxygen atoms in total. The second-order valence-corrected chi connectivity index (χ2v) is 6.64. The molecule has 5 heteroatoms. The summed E-state index contributed by atoms with van der Waals surface area (Å²) in [6.07, 6.45) is 2.85. The van der Waals surface area contributed by atoms with E-state index in [4.69, 9.17) is 13.9 Å². The van der Waals surface area contributed by atoms with Crippen molar-refractivity contribution in [2.24, 2.45) is 0 Å². The lowest BCUT2D eigenvalue weighted by Crippen LogP contribution is -2.20. The maximum atomic E-state index is 12.3. The largest absolute Gasteiger partial charge is 0.474 e. The second kappa shape index (κ2) is 7.27. The molecule has 1 heterocycles. The lowest BCUT2D eigenvalue weighted by atomic mass is 9.91. The van der Waals surface area contributed by atoms with Gasteiger partial charge in [0, 0.05) is 22.6 Å². The number of fused-ring (bicyclic) bond motifs is 3. The smallest absolute Gasteiger partial charge is 0.351 e. The monoisotopic (exact) mass is 364 g/mol. The second-order valence-electron chi connectivity index (χ2n) is 6.64. The minimum absolute atomic E-state index is 0.276. The number of aryl methyl sites for hydroxylation is 1. The fraction of sp³-hybridized carbons (Fsp3) is 0.273. The van der Waals surface area contributed by atoms with Gasteiger partial charge < -0.3 is 13.9 Å². The zero-order chi connectivity index (χ0) is 18.8. The van der Waals surface area contributed by atoms with Gasteiger partial charge >= 0.3 is 11.6 Å². The van der Waals surface area contributed by atoms with Gasteiger partial charge in [-0.15, -0.1) is 0 Å². The first-order valence-electron chi connectivity index (χ1n) is 9.05. The number of ether oxygens (including phenoxy) is 2. The van der Waals surface area contributed by atoms with Crippen molar-refractivity contribution < 1.29 is 18.7 Å². The van der Waals surface area contributed by atoms with Gasteiger partial charge in [0.05, 0.1) is 7.11 Å². The van der Waals surface area contributed by atoms with Gasteiger partial charge in [-0.25, -0.2) is 9.59 Å². The van der Waals surface area contributed by atoms with Crippen LogP contribution in [0.1, 0.15) is 35.6 Å². The van der Waals surface area contributed by atoms with Crippen molar-refractivity contribution >= 4 is 16.9 Å². The molecule has 0 spiro atoms. The Morgan fingerprint density at radius 3 is 2.52 bits per heavy atom. The van der Waals surface area contributed by atoms with Gasteiger partial charge in [0.15, 0.2) is 0 Å². The Morgan fingerprint density at radius 1 is 1.04 bits per heavy atom. The number of hydrogen-bond acceptors (Lipinski definition) is 5. The lowest BCUT2D eigenvalue weighted by Gasteiger charge is -2.19. The Kier molecular flexibility index (Phi) is 4.67. The summed E-state index contributed by atoms with van der Waals surface area (Å²) in [7, 11) is 1.33. The fourth-order valence-corrected chi connectivity index (χ4v) is 3.62. The van der Waals surface area contributed by atoms with Crippen LogP contribution >= 0.6 is 0 Å². The van der Waals surface area contributed by atoms with Crippen LogP contribution in [0, 0.1) is 0 Å². The fourth-order valence-electron chi connectivity index (χ4n) is 3.62. The molecule has 1 aliphatic carbocycles. The van der Waals surface area contributed by atoms with Gasteiger partial charge in [0.25, 0.3) is 0 Å². The zero-order valence-electron chi connectivity index (χ0n) is 15.1. The molecule has 0 N–H and O–H groups in total. The van der Waals surface area contributed by atoms with E-state index in [-0.39, 0.29) is 5.63 Å². The van der Waals surface area contributed by atoms with E-state index in [0.29, 0.717) is 16.9 Å². The average molecular weight is 364 g/mol. The third kappa shape index (κ3) is 3.33. The minimum Gasteiger partial charge on any atom is -0.474 e. The minimum atomic E-state index is -0.891. The number of hydrogen-bond donors (Lipinski definition) is 0. The predicted octanol–water partition coefficient (Wildman–Crippen LogP) is 3.96. The first-order valence-corrected chi connectivity index (χ1v) is 9.05. The summed E-state index contributed by atoms with van der Waals surface area (Å²) in [5.41, 5.74) is 2.76. The maximum absolute atomic E-state index is 12.3. The Bertz CT molecular complexity index is 1040. The highest BCUT2D eigenvalue weighted by Gasteiger charge is 2.24. The van der Waals surface area contributed by atoms with Crippen LogP contribution in [0.15, 0.2) is 57.7 Å². The van der Waals surface area contributed by atoms with Gasteiger partial charge in [-0.1, -0.05) is 30.3 Å². The first-order chi connectivity index (χ1) is 13.2. The van der Waals surface area contributed by atoms with E-state index in [1.807, 2.05) is 24.3 Å². The van der Waals surface area contributed by atoms with E-state index in [1.54, 1.807) is 24.3 Å². The lowest BCUT2D eigenvalue weighted by molar-refractivity contribution is -0.149. The van der Waals surface area contributed by atoms with Crippen molar-refractivity contribution in [3.05, 3.63) is 75.6 Å². The summed E-state index contributed by atoms with van der Waals surface area (Å²) in [6.45, 7) is 0. The zero-order valence-corrected chi connectivity index (χ0v) is 15.1. The molecule has 1 atom stereocenters. The molecular formula is C22H20O5. The van der Waals surface area contributed by atoms with Gasteiger partial charge in [-0.2, -0.15) is 0 Å². The summed E-state index contributed by atoms with van der Waals surface area (Å²) in [5, 5.41) is 0.936. The molecule has 3 aromatic rings. The van der Waals surface area contributed by atoms with Crippen LogP contribution in [0.5, 0.6) is 5.75 Å². The summed E-state index contributed by atoms with van der Waals surface area (Å²) < 4.78 is 16.3. The molecule has 0 unspecified atom stereocenters. The van der Waals surface area contributed by atoms with Gasteiger partial charge in [-0.3, -0.25) is 0 Å². The molecule has 138 valence electrons. The molecule has 0 amide bonds. The highest BCUT2D eigenvalue weighted by molar-refractivity contribution is 5.83. The SMILES string of the molecule is COC(=O)[C@@H](Oc1ccc2c3c(c(=O)oc2c1)CCCC3)c1ccccc1. The first kappa shape index (κ1) is 17.3. The number of carbonyl (C=O) groups is 1. The van der Waals surface area contributed by atoms with Crippen LogP contribution in [0.25, 0.3) is 11.0 Å². The Hall–Kier alpha value is -3.08. The number of methoxy groups -OCH3 is 1. The topological polar surface area (TPSA) is 65.7 Å². The Morgan fingerprint density at radius 2 is 1.78 bits per heavy atom. The molecule has 0 fully saturated rings. The number of carbonyl (C=O) groups excluding carboxylic acids is 1. The molecule has 1 aromatic heterocycles. The van der Waals surface area contributed by atoms with Crippen LogP contribution in [0.3, 0.4) is 0 Å². The van der Waals surface area contributed by atoms with Crippen LogP contribution in [0.2, 0.25) is 0 Å². The van der Waals surface area contributed by atoms with Crippen molar-refractivity contribution in [2.75, 3.05) is 7.11 Å². The molecule has 2 aromatic carbocycles. The van der Waals surface area contributed by atoms with Crippen molar-refractivity contribution in [3.63, 3.8) is 0 Å². The standard InChI is InChI=1S/C22H20O5/c1-25-22(24)20(14-7-3-2-4-8-14)26-15-11-12-17-16-9-5-6-10-18(16)21(23)27-19(17)13-15/h2-4,7-8,11-13,20H,5-6,9-10H2,1H3/t20-/m0/s1. The number of benzene rings is 2. The normalized spacial score (nSPS) is 14.4. The van der Waals surface area contributed by atoms with E-state index in [1.165, 1.54) is 7.11 Å². The molecule has 0 aliphatic heterocycles. The molecule has 0 bridgehead atoms. The van der Waals surface area contributed by atoms with Gasteiger partial charge in [0.2, 0.25) is 6.10 Å². The predicted molar refractivity (Wildman–Crippen MR) is 101 cm³/mol. The summed E-state index contributed by atoms with van der Waals surface area (Å²) >= 11 is 0. The van der Waals surface area contributed by atoms with E-state index in [9.17, 15) is 9.59 Å². The van der Waals surface area contributed by atoms with Crippen LogP contribution in [0.4, 0.5) is 0 Å². The molecule has 27 heavy (non-hydrogen) atoms. The van der Waals surface area contributed by atoms with Gasteiger partial charge in [-0.05, 0) is 43.4 Å². The van der Waals surface area contributed by atoms with E-state index in [0.717, 1.165) is 42.2 Å². The van der Waals surface area contributed by atoms with Crippen molar-refractivity contribution in [1.29, 1.82) is 0 Å². The summed E-state index contributed by atoms with van der Waals surface area (Å²) in [6, 6.07) is 14.5. The third-order valence-electron chi connectivity index (χ3n) is 4.97. The van der Waals surface area contributed by atoms with Crippen molar-refractivity contribution in [2.45, 2.75) is 31.8 Å². The third-order valence-corrected chi connectivity index (χ3v) is 4.97. The highest BCUT2D eigenvalue weighted by atomic mass is 16.6. The van der Waals surface area contributed by atoms with Crippen LogP contribution < -0.4 is 10.4 Å². The molecule has 0 saturated carbocycles. The summed E-state index contributed by atoms with van der Waals surface area (Å²) in [4.78, 5) is 24.5. The Balaban J connectivity index is 1.73.